The number of nitrogens with two attached hydrogens (primary N) is 1. The largest absolute Gasteiger partial charge is 0.294 e. The van der Waals surface area contributed by atoms with Crippen molar-refractivity contribution >= 4 is 29.0 Å². The van der Waals surface area contributed by atoms with Crippen molar-refractivity contribution in [2.45, 2.75) is 11.3 Å². The van der Waals surface area contributed by atoms with Gasteiger partial charge in [0.1, 0.15) is 5.51 Å². The molecule has 5 nitrogen and oxygen atoms in total. The molecule has 72 valence electrons. The number of aromatic nitrogens is 2. The van der Waals surface area contributed by atoms with Crippen LogP contribution in [0.15, 0.2) is 9.85 Å². The van der Waals surface area contributed by atoms with Crippen molar-refractivity contribution in [3.63, 3.8) is 0 Å². The van der Waals surface area contributed by atoms with Crippen LogP contribution >= 0.6 is 23.1 Å². The minimum Gasteiger partial charge on any atom is -0.294 e. The Labute approximate surface area is 84.1 Å². The minimum absolute atomic E-state index is 0.112. The van der Waals surface area contributed by atoms with Crippen LogP contribution in [-0.2, 0) is 4.79 Å². The van der Waals surface area contributed by atoms with Gasteiger partial charge in [0.25, 0.3) is 0 Å². The summed E-state index contributed by atoms with van der Waals surface area (Å²) in [4.78, 5) is 11.0. The van der Waals surface area contributed by atoms with E-state index in [1.807, 2.05) is 6.92 Å². The number of hydrogen-bond donors (Lipinski definition) is 2. The number of amides is 1. The van der Waals surface area contributed by atoms with E-state index in [4.69, 9.17) is 5.84 Å². The zero-order valence-electron chi connectivity index (χ0n) is 7.06. The number of rotatable bonds is 4. The maximum Gasteiger partial charge on any atom is 0.237 e. The summed E-state index contributed by atoms with van der Waals surface area (Å²) in [6.07, 6.45) is 0. The van der Waals surface area contributed by atoms with Crippen molar-refractivity contribution in [2.24, 2.45) is 11.8 Å². The van der Waals surface area contributed by atoms with Crippen LogP contribution in [0, 0.1) is 5.92 Å². The highest BCUT2D eigenvalue weighted by atomic mass is 32.2. The molecule has 13 heavy (non-hydrogen) atoms. The monoisotopic (exact) mass is 218 g/mol. The third-order valence-electron chi connectivity index (χ3n) is 1.39. The molecule has 0 bridgehead atoms. The molecule has 1 amide bonds. The van der Waals surface area contributed by atoms with Gasteiger partial charge in [-0.15, -0.1) is 10.2 Å². The van der Waals surface area contributed by atoms with E-state index in [0.29, 0.717) is 5.75 Å². The topological polar surface area (TPSA) is 80.9 Å². The number of nitrogens with zero attached hydrogens (tertiary/aromatic N) is 2. The van der Waals surface area contributed by atoms with Gasteiger partial charge in [-0.2, -0.15) is 0 Å². The van der Waals surface area contributed by atoms with Gasteiger partial charge in [-0.3, -0.25) is 10.2 Å². The molecule has 1 atom stereocenters. The number of hydrogen-bond acceptors (Lipinski definition) is 6. The van der Waals surface area contributed by atoms with Crippen molar-refractivity contribution in [2.75, 3.05) is 5.75 Å². The van der Waals surface area contributed by atoms with Crippen LogP contribution in [0.1, 0.15) is 6.92 Å². The Bertz CT molecular complexity index is 264. The van der Waals surface area contributed by atoms with Gasteiger partial charge in [-0.05, 0) is 0 Å². The molecule has 1 rings (SSSR count). The van der Waals surface area contributed by atoms with E-state index in [1.54, 1.807) is 5.51 Å². The summed E-state index contributed by atoms with van der Waals surface area (Å²) in [5.41, 5.74) is 3.77. The molecular formula is C6H10N4OS2. The molecule has 0 fully saturated rings. The number of carbonyl (C=O) groups is 1. The summed E-state index contributed by atoms with van der Waals surface area (Å²) >= 11 is 2.97. The van der Waals surface area contributed by atoms with E-state index in [0.717, 1.165) is 4.34 Å². The Morgan fingerprint density at radius 1 is 1.92 bits per heavy atom. The van der Waals surface area contributed by atoms with Gasteiger partial charge in [-0.25, -0.2) is 5.84 Å². The van der Waals surface area contributed by atoms with Gasteiger partial charge in [-0.1, -0.05) is 30.0 Å². The number of nitrogens with one attached hydrogen (secondary N) is 1. The fourth-order valence-electron chi connectivity index (χ4n) is 0.640. The molecule has 0 aliphatic rings. The first-order chi connectivity index (χ1) is 6.24. The molecule has 1 unspecified atom stereocenters. The van der Waals surface area contributed by atoms with Crippen LogP contribution < -0.4 is 11.3 Å². The highest BCUT2D eigenvalue weighted by molar-refractivity contribution is 8.01. The third-order valence-corrected chi connectivity index (χ3v) is 3.51. The van der Waals surface area contributed by atoms with Crippen molar-refractivity contribution in [3.8, 4) is 0 Å². The smallest absolute Gasteiger partial charge is 0.237 e. The zero-order valence-corrected chi connectivity index (χ0v) is 8.69. The van der Waals surface area contributed by atoms with E-state index < -0.39 is 0 Å². The van der Waals surface area contributed by atoms with Crippen LogP contribution in [0.2, 0.25) is 0 Å². The lowest BCUT2D eigenvalue weighted by molar-refractivity contribution is -0.123. The molecule has 0 aliphatic heterocycles. The van der Waals surface area contributed by atoms with E-state index in [-0.39, 0.29) is 11.8 Å². The highest BCUT2D eigenvalue weighted by Gasteiger charge is 2.12. The summed E-state index contributed by atoms with van der Waals surface area (Å²) < 4.78 is 0.872. The Morgan fingerprint density at radius 2 is 2.69 bits per heavy atom. The molecule has 7 heteroatoms. The second-order valence-corrected chi connectivity index (χ2v) is 4.53. The van der Waals surface area contributed by atoms with Crippen molar-refractivity contribution in [1.82, 2.24) is 15.6 Å². The van der Waals surface area contributed by atoms with E-state index in [9.17, 15) is 4.79 Å². The standard InChI is InChI=1S/C6H10N4OS2/c1-4(5(11)9-7)2-12-6-10-8-3-13-6/h3-4H,2,7H2,1H3,(H,9,11). The molecule has 1 aromatic rings. The molecule has 0 aromatic carbocycles. The van der Waals surface area contributed by atoms with Crippen LogP contribution in [-0.4, -0.2) is 21.9 Å². The first-order valence-electron chi connectivity index (χ1n) is 3.63. The van der Waals surface area contributed by atoms with Crippen molar-refractivity contribution in [3.05, 3.63) is 5.51 Å². The Morgan fingerprint density at radius 3 is 3.23 bits per heavy atom. The maximum absolute atomic E-state index is 11.0. The molecule has 0 radical (unpaired) electrons. The summed E-state index contributed by atoms with van der Waals surface area (Å²) in [7, 11) is 0. The molecule has 0 aliphatic carbocycles. The van der Waals surface area contributed by atoms with E-state index in [1.165, 1.54) is 23.1 Å². The Balaban J connectivity index is 2.30. The maximum atomic E-state index is 11.0. The van der Waals surface area contributed by atoms with Gasteiger partial charge >= 0.3 is 0 Å². The SMILES string of the molecule is CC(CSc1nncs1)C(=O)NN. The van der Waals surface area contributed by atoms with Gasteiger partial charge in [0.2, 0.25) is 5.91 Å². The highest BCUT2D eigenvalue weighted by Crippen LogP contribution is 2.21. The molecule has 0 saturated heterocycles. The lowest BCUT2D eigenvalue weighted by Gasteiger charge is -2.06. The fourth-order valence-corrected chi connectivity index (χ4v) is 2.17. The van der Waals surface area contributed by atoms with Crippen LogP contribution in [0.3, 0.4) is 0 Å². The summed E-state index contributed by atoms with van der Waals surface area (Å²) in [6, 6.07) is 0. The molecule has 3 N–H and O–H groups in total. The Hall–Kier alpha value is -0.660. The van der Waals surface area contributed by atoms with Crippen molar-refractivity contribution < 1.29 is 4.79 Å². The molecule has 0 spiro atoms. The quantitative estimate of drug-likeness (QED) is 0.328. The number of thioether (sulfide) groups is 1. The molecule has 1 heterocycles. The van der Waals surface area contributed by atoms with Crippen LogP contribution in [0.25, 0.3) is 0 Å². The molecular weight excluding hydrogens is 208 g/mol. The molecule has 1 aromatic heterocycles. The minimum atomic E-state index is -0.156. The van der Waals surface area contributed by atoms with Gasteiger partial charge < -0.3 is 0 Å². The Kier molecular flexibility index (Phi) is 4.13. The average molecular weight is 218 g/mol. The second kappa shape index (κ2) is 5.15. The fraction of sp³-hybridized carbons (Fsp3) is 0.500. The first kappa shape index (κ1) is 10.4. The van der Waals surface area contributed by atoms with E-state index in [2.05, 4.69) is 15.6 Å². The lowest BCUT2D eigenvalue weighted by Crippen LogP contribution is -2.35. The zero-order chi connectivity index (χ0) is 9.68. The number of carbonyl (C=O) groups excluding carboxylic acids is 1. The first-order valence-corrected chi connectivity index (χ1v) is 5.50. The normalized spacial score (nSPS) is 12.5. The third kappa shape index (κ3) is 3.29. The van der Waals surface area contributed by atoms with Gasteiger partial charge in [0, 0.05) is 11.7 Å². The van der Waals surface area contributed by atoms with Crippen LogP contribution in [0.5, 0.6) is 0 Å². The summed E-state index contributed by atoms with van der Waals surface area (Å²) in [5.74, 6) is 5.38. The van der Waals surface area contributed by atoms with Crippen molar-refractivity contribution in [1.29, 1.82) is 0 Å². The predicted octanol–water partition coefficient (Wildman–Crippen LogP) is 0.256. The predicted molar refractivity (Wildman–Crippen MR) is 52.1 cm³/mol. The average Bonchev–Trinajstić information content (AvgIpc) is 2.65. The van der Waals surface area contributed by atoms with E-state index >= 15 is 0 Å². The lowest BCUT2D eigenvalue weighted by atomic mass is 10.2. The van der Waals surface area contributed by atoms with Gasteiger partial charge in [0.05, 0.1) is 0 Å². The van der Waals surface area contributed by atoms with Gasteiger partial charge in [0.15, 0.2) is 4.34 Å². The number of hydrazine groups is 1. The molecule has 0 saturated carbocycles. The summed E-state index contributed by atoms with van der Waals surface area (Å²) in [5, 5.41) is 7.53. The summed E-state index contributed by atoms with van der Waals surface area (Å²) in [6.45, 7) is 1.82. The second-order valence-electron chi connectivity index (χ2n) is 2.43. The van der Waals surface area contributed by atoms with Crippen LogP contribution in [0.4, 0.5) is 0 Å².